The van der Waals surface area contributed by atoms with Crippen LogP contribution < -0.4 is 14.9 Å². The number of aromatic hydroxyl groups is 1. The molecule has 1 aliphatic heterocycles. The summed E-state index contributed by atoms with van der Waals surface area (Å²) in [6, 6.07) is 11.8. The number of hydrogen-bond donors (Lipinski definition) is 2. The molecule has 36 heavy (non-hydrogen) atoms. The summed E-state index contributed by atoms with van der Waals surface area (Å²) in [5.74, 6) is -1.18. The van der Waals surface area contributed by atoms with E-state index in [1.165, 1.54) is 22.1 Å². The second kappa shape index (κ2) is 9.96. The van der Waals surface area contributed by atoms with Crippen molar-refractivity contribution in [1.29, 1.82) is 0 Å². The number of ether oxygens (including phenoxy) is 1. The van der Waals surface area contributed by atoms with Gasteiger partial charge in [-0.15, -0.1) is 11.3 Å². The van der Waals surface area contributed by atoms with Crippen molar-refractivity contribution in [1.82, 2.24) is 4.68 Å². The summed E-state index contributed by atoms with van der Waals surface area (Å²) >= 11 is 7.80. The number of hydrogen-bond acceptors (Lipinski definition) is 6. The molecule has 2 heterocycles. The van der Waals surface area contributed by atoms with Gasteiger partial charge in [0, 0.05) is 17.0 Å². The Bertz CT molecular complexity index is 1590. The van der Waals surface area contributed by atoms with E-state index in [2.05, 4.69) is 47.3 Å². The van der Waals surface area contributed by atoms with Crippen molar-refractivity contribution in [3.8, 4) is 22.8 Å². The first-order chi connectivity index (χ1) is 17.3. The lowest BCUT2D eigenvalue weighted by molar-refractivity contribution is -0.118. The SMILES string of the molecule is O=C1COc2ccc(-c3csc(=Nc4ccc(F)cc4F)n3N=Cc3cc(Br)c(O)c(Br)c3)cc2N1. The number of carbonyl (C=O) groups is 1. The molecule has 0 saturated heterocycles. The molecular formula is C24H14Br2F2N4O3S. The molecule has 0 aliphatic carbocycles. The third-order valence-corrected chi connectivity index (χ3v) is 7.11. The molecule has 2 N–H and O–H groups in total. The van der Waals surface area contributed by atoms with Crippen LogP contribution in [-0.2, 0) is 4.79 Å². The molecule has 5 rings (SSSR count). The van der Waals surface area contributed by atoms with Crippen molar-refractivity contribution in [3.05, 3.63) is 84.9 Å². The predicted molar refractivity (Wildman–Crippen MR) is 140 cm³/mol. The Kier molecular flexibility index (Phi) is 6.73. The molecule has 4 aromatic rings. The first-order valence-corrected chi connectivity index (χ1v) is 12.7. The Morgan fingerprint density at radius 1 is 1.11 bits per heavy atom. The van der Waals surface area contributed by atoms with Crippen molar-refractivity contribution in [2.45, 2.75) is 0 Å². The molecular weight excluding hydrogens is 622 g/mol. The van der Waals surface area contributed by atoms with Gasteiger partial charge in [0.2, 0.25) is 4.80 Å². The smallest absolute Gasteiger partial charge is 0.262 e. The van der Waals surface area contributed by atoms with Gasteiger partial charge >= 0.3 is 0 Å². The van der Waals surface area contributed by atoms with Gasteiger partial charge < -0.3 is 15.2 Å². The quantitative estimate of drug-likeness (QED) is 0.263. The highest BCUT2D eigenvalue weighted by Crippen LogP contribution is 2.34. The topological polar surface area (TPSA) is 88.2 Å². The van der Waals surface area contributed by atoms with Gasteiger partial charge in [0.25, 0.3) is 5.91 Å². The van der Waals surface area contributed by atoms with E-state index >= 15 is 0 Å². The van der Waals surface area contributed by atoms with Crippen molar-refractivity contribution in [2.24, 2.45) is 10.1 Å². The van der Waals surface area contributed by atoms with E-state index in [4.69, 9.17) is 4.74 Å². The number of aromatic nitrogens is 1. The molecule has 0 unspecified atom stereocenters. The number of nitrogens with one attached hydrogen (secondary N) is 1. The predicted octanol–water partition coefficient (Wildman–Crippen LogP) is 6.17. The van der Waals surface area contributed by atoms with Gasteiger partial charge in [0.05, 0.1) is 26.5 Å². The monoisotopic (exact) mass is 634 g/mol. The molecule has 3 aromatic carbocycles. The van der Waals surface area contributed by atoms with Crippen LogP contribution in [0, 0.1) is 11.6 Å². The molecule has 0 radical (unpaired) electrons. The maximum Gasteiger partial charge on any atom is 0.262 e. The zero-order chi connectivity index (χ0) is 25.4. The van der Waals surface area contributed by atoms with Crippen LogP contribution in [0.3, 0.4) is 0 Å². The van der Waals surface area contributed by atoms with E-state index in [1.807, 2.05) is 0 Å². The third kappa shape index (κ3) is 4.97. The summed E-state index contributed by atoms with van der Waals surface area (Å²) < 4.78 is 35.6. The first-order valence-electron chi connectivity index (χ1n) is 10.3. The largest absolute Gasteiger partial charge is 0.506 e. The number of anilines is 1. The van der Waals surface area contributed by atoms with E-state index < -0.39 is 11.6 Å². The number of halogens is 4. The molecule has 0 atom stereocenters. The average Bonchev–Trinajstić information content (AvgIpc) is 3.24. The highest BCUT2D eigenvalue weighted by Gasteiger charge is 2.18. The Balaban J connectivity index is 1.65. The van der Waals surface area contributed by atoms with Crippen LogP contribution in [-0.4, -0.2) is 28.5 Å². The number of rotatable bonds is 4. The number of amides is 1. The Morgan fingerprint density at radius 3 is 2.64 bits per heavy atom. The molecule has 0 saturated carbocycles. The summed E-state index contributed by atoms with van der Waals surface area (Å²) in [6.07, 6.45) is 1.55. The number of benzene rings is 3. The van der Waals surface area contributed by atoms with Gasteiger partial charge in [-0.2, -0.15) is 5.10 Å². The molecule has 1 aliphatic rings. The number of nitrogens with zero attached hydrogens (tertiary/aromatic N) is 3. The van der Waals surface area contributed by atoms with E-state index in [0.717, 1.165) is 12.1 Å². The maximum atomic E-state index is 14.3. The number of phenolic OH excluding ortho intramolecular Hbond substituents is 1. The van der Waals surface area contributed by atoms with Crippen LogP contribution in [0.1, 0.15) is 5.56 Å². The molecule has 12 heteroatoms. The summed E-state index contributed by atoms with van der Waals surface area (Å²) in [4.78, 5) is 16.5. The summed E-state index contributed by atoms with van der Waals surface area (Å²) in [6.45, 7) is -0.0564. The normalized spacial score (nSPS) is 13.6. The van der Waals surface area contributed by atoms with Gasteiger partial charge in [-0.25, -0.2) is 18.4 Å². The Hall–Kier alpha value is -3.35. The third-order valence-electron chi connectivity index (χ3n) is 5.08. The maximum absolute atomic E-state index is 14.3. The second-order valence-electron chi connectivity index (χ2n) is 7.55. The first kappa shape index (κ1) is 24.3. The van der Waals surface area contributed by atoms with E-state index in [1.54, 1.807) is 41.9 Å². The fraction of sp³-hybridized carbons (Fsp3) is 0.0417. The summed E-state index contributed by atoms with van der Waals surface area (Å²) in [5.41, 5.74) is 2.43. The number of phenols is 1. The molecule has 1 aromatic heterocycles. The highest BCUT2D eigenvalue weighted by atomic mass is 79.9. The summed E-state index contributed by atoms with van der Waals surface area (Å²) in [7, 11) is 0. The lowest BCUT2D eigenvalue weighted by Gasteiger charge is -2.18. The highest BCUT2D eigenvalue weighted by molar-refractivity contribution is 9.11. The van der Waals surface area contributed by atoms with E-state index in [0.29, 0.717) is 42.0 Å². The molecule has 182 valence electrons. The lowest BCUT2D eigenvalue weighted by atomic mass is 10.1. The molecule has 1 amide bonds. The molecule has 0 spiro atoms. The van der Waals surface area contributed by atoms with Crippen LogP contribution in [0.4, 0.5) is 20.2 Å². The minimum absolute atomic E-state index is 0.0463. The zero-order valence-corrected chi connectivity index (χ0v) is 22.0. The molecule has 0 fully saturated rings. The van der Waals surface area contributed by atoms with Crippen LogP contribution in [0.5, 0.6) is 11.5 Å². The fourth-order valence-corrected chi connectivity index (χ4v) is 5.46. The van der Waals surface area contributed by atoms with Crippen LogP contribution in [0.25, 0.3) is 11.3 Å². The molecule has 0 bridgehead atoms. The average molecular weight is 636 g/mol. The van der Waals surface area contributed by atoms with Crippen molar-refractivity contribution in [2.75, 3.05) is 11.9 Å². The van der Waals surface area contributed by atoms with Crippen molar-refractivity contribution >= 4 is 66.7 Å². The number of thiazole rings is 1. The Labute approximate surface area is 223 Å². The van der Waals surface area contributed by atoms with Gasteiger partial charge in [-0.3, -0.25) is 4.79 Å². The van der Waals surface area contributed by atoms with Gasteiger partial charge in [-0.05, 0) is 79.9 Å². The van der Waals surface area contributed by atoms with Gasteiger partial charge in [0.15, 0.2) is 12.4 Å². The van der Waals surface area contributed by atoms with Crippen LogP contribution in [0.15, 0.2) is 73.0 Å². The van der Waals surface area contributed by atoms with Gasteiger partial charge in [0.1, 0.15) is 23.0 Å². The second-order valence-corrected chi connectivity index (χ2v) is 10.1. The Morgan fingerprint density at radius 2 is 1.89 bits per heavy atom. The minimum Gasteiger partial charge on any atom is -0.506 e. The fourth-order valence-electron chi connectivity index (χ4n) is 3.39. The van der Waals surface area contributed by atoms with Gasteiger partial charge in [-0.1, -0.05) is 0 Å². The molecule has 7 nitrogen and oxygen atoms in total. The number of fused-ring (bicyclic) bond motifs is 1. The van der Waals surface area contributed by atoms with E-state index in [9.17, 15) is 18.7 Å². The van der Waals surface area contributed by atoms with Crippen LogP contribution >= 0.6 is 43.2 Å². The van der Waals surface area contributed by atoms with Crippen molar-refractivity contribution < 1.29 is 23.4 Å². The summed E-state index contributed by atoms with van der Waals surface area (Å²) in [5, 5.41) is 19.1. The number of carbonyl (C=O) groups excluding carboxylic acids is 1. The van der Waals surface area contributed by atoms with E-state index in [-0.39, 0.29) is 24.0 Å². The van der Waals surface area contributed by atoms with Crippen molar-refractivity contribution in [3.63, 3.8) is 0 Å². The minimum atomic E-state index is -0.805. The van der Waals surface area contributed by atoms with Crippen LogP contribution in [0.2, 0.25) is 0 Å². The zero-order valence-electron chi connectivity index (χ0n) is 18.0. The lowest BCUT2D eigenvalue weighted by Crippen LogP contribution is -2.25. The standard InChI is InChI=1S/C24H14Br2F2N4O3S/c25-15-5-12(6-16(26)23(15)34)9-29-32-20(13-1-4-21-19(7-13)30-22(33)10-35-21)11-36-24(32)31-18-3-2-14(27)8-17(18)28/h1-9,11,34H,10H2,(H,30,33).